The average Bonchev–Trinajstić information content (AvgIpc) is 2.70. The molecule has 0 spiro atoms. The maximum atomic E-state index is 12.4. The van der Waals surface area contributed by atoms with Crippen molar-refractivity contribution in [3.63, 3.8) is 0 Å². The maximum Gasteiger partial charge on any atom is 0.498 e. The van der Waals surface area contributed by atoms with Crippen LogP contribution in [-0.2, 0) is 14.7 Å². The number of hydrogen-bond donors (Lipinski definition) is 1. The van der Waals surface area contributed by atoms with Crippen LogP contribution in [0.3, 0.4) is 0 Å². The van der Waals surface area contributed by atoms with E-state index >= 15 is 0 Å². The van der Waals surface area contributed by atoms with Crippen molar-refractivity contribution in [2.75, 3.05) is 13.7 Å². The summed E-state index contributed by atoms with van der Waals surface area (Å²) in [4.78, 5) is 12.4. The fraction of sp³-hybridized carbons (Fsp3) is 0.611. The Kier molecular flexibility index (Phi) is 3.77. The summed E-state index contributed by atoms with van der Waals surface area (Å²) >= 11 is 0. The predicted octanol–water partition coefficient (Wildman–Crippen LogP) is 2.02. The second-order valence-electron chi connectivity index (χ2n) is 8.29. The molecule has 1 aromatic rings. The van der Waals surface area contributed by atoms with Gasteiger partial charge in [0.05, 0.1) is 18.3 Å². The third-order valence-electron chi connectivity index (χ3n) is 5.54. The molecule has 5 nitrogen and oxygen atoms in total. The second kappa shape index (κ2) is 5.23. The van der Waals surface area contributed by atoms with Crippen molar-refractivity contribution < 1.29 is 18.8 Å². The molecule has 24 heavy (non-hydrogen) atoms. The first-order chi connectivity index (χ1) is 11.0. The molecule has 0 saturated carbocycles. The molecule has 0 unspecified atom stereocenters. The van der Waals surface area contributed by atoms with E-state index in [0.29, 0.717) is 17.9 Å². The number of methoxy groups -OCH3 is 1. The Hall–Kier alpha value is -1.53. The summed E-state index contributed by atoms with van der Waals surface area (Å²) in [7, 11) is 1.07. The Bertz CT molecular complexity index is 681. The van der Waals surface area contributed by atoms with Gasteiger partial charge in [0.2, 0.25) is 0 Å². The molecule has 0 atom stereocenters. The van der Waals surface area contributed by atoms with E-state index in [1.165, 1.54) is 0 Å². The molecule has 1 amide bonds. The van der Waals surface area contributed by atoms with Gasteiger partial charge in [0.1, 0.15) is 5.75 Å². The first kappa shape index (κ1) is 17.3. The SMILES string of the molecule is COc1cc2c(cc1B1OC(C)(C)C(C)(C)O1)C(=O)NCC2(C)C. The molecule has 2 aliphatic rings. The Balaban J connectivity index is 2.11. The Morgan fingerprint density at radius 3 is 2.21 bits per heavy atom. The molecule has 2 heterocycles. The van der Waals surface area contributed by atoms with Crippen LogP contribution in [0, 0.1) is 0 Å². The third kappa shape index (κ3) is 2.52. The smallest absolute Gasteiger partial charge is 0.497 e. The summed E-state index contributed by atoms with van der Waals surface area (Å²) in [5, 5.41) is 2.95. The Labute approximate surface area is 144 Å². The molecule has 0 radical (unpaired) electrons. The molecule has 0 aliphatic carbocycles. The van der Waals surface area contributed by atoms with Gasteiger partial charge >= 0.3 is 7.12 Å². The molecule has 0 bridgehead atoms. The summed E-state index contributed by atoms with van der Waals surface area (Å²) in [6, 6.07) is 3.81. The molecule has 1 fully saturated rings. The number of fused-ring (bicyclic) bond motifs is 1. The van der Waals surface area contributed by atoms with E-state index in [4.69, 9.17) is 14.0 Å². The standard InChI is InChI=1S/C18H26BNO4/c1-16(2)10-20-15(21)11-8-13(14(22-7)9-12(11)16)19-23-17(3,4)18(5,6)24-19/h8-9H,10H2,1-7H3,(H,20,21). The molecule has 0 aromatic heterocycles. The highest BCUT2D eigenvalue weighted by Crippen LogP contribution is 2.38. The van der Waals surface area contributed by atoms with Gasteiger partial charge in [-0.25, -0.2) is 0 Å². The van der Waals surface area contributed by atoms with Gasteiger partial charge in [-0.15, -0.1) is 0 Å². The van der Waals surface area contributed by atoms with Crippen molar-refractivity contribution in [2.24, 2.45) is 0 Å². The van der Waals surface area contributed by atoms with Gasteiger partial charge in [0, 0.05) is 23.0 Å². The summed E-state index contributed by atoms with van der Waals surface area (Å²) < 4.78 is 17.9. The highest BCUT2D eigenvalue weighted by molar-refractivity contribution is 6.63. The highest BCUT2D eigenvalue weighted by atomic mass is 16.7. The lowest BCUT2D eigenvalue weighted by Crippen LogP contribution is -2.45. The number of nitrogens with one attached hydrogen (secondary N) is 1. The van der Waals surface area contributed by atoms with Crippen molar-refractivity contribution in [1.29, 1.82) is 0 Å². The van der Waals surface area contributed by atoms with Gasteiger partial charge < -0.3 is 19.4 Å². The third-order valence-corrected chi connectivity index (χ3v) is 5.54. The lowest BCUT2D eigenvalue weighted by atomic mass is 9.72. The van der Waals surface area contributed by atoms with Crippen molar-refractivity contribution in [3.8, 4) is 5.75 Å². The minimum absolute atomic E-state index is 0.0651. The quantitative estimate of drug-likeness (QED) is 0.843. The fourth-order valence-electron chi connectivity index (χ4n) is 3.17. The zero-order valence-electron chi connectivity index (χ0n) is 15.6. The van der Waals surface area contributed by atoms with Crippen LogP contribution in [0.4, 0.5) is 0 Å². The summed E-state index contributed by atoms with van der Waals surface area (Å²) in [5.41, 5.74) is 1.37. The van der Waals surface area contributed by atoms with Crippen LogP contribution in [0.15, 0.2) is 12.1 Å². The van der Waals surface area contributed by atoms with Gasteiger partial charge in [-0.1, -0.05) is 13.8 Å². The van der Waals surface area contributed by atoms with E-state index in [2.05, 4.69) is 19.2 Å². The zero-order chi connectivity index (χ0) is 17.9. The average molecular weight is 331 g/mol. The van der Waals surface area contributed by atoms with Gasteiger partial charge in [-0.05, 0) is 45.4 Å². The molecule has 1 N–H and O–H groups in total. The largest absolute Gasteiger partial charge is 0.498 e. The van der Waals surface area contributed by atoms with Crippen molar-refractivity contribution in [1.82, 2.24) is 5.32 Å². The lowest BCUT2D eigenvalue weighted by Gasteiger charge is -2.33. The molecular formula is C18H26BNO4. The van der Waals surface area contributed by atoms with Crippen molar-refractivity contribution in [2.45, 2.75) is 58.2 Å². The van der Waals surface area contributed by atoms with E-state index in [-0.39, 0.29) is 11.3 Å². The van der Waals surface area contributed by atoms with Crippen LogP contribution in [0.2, 0.25) is 0 Å². The van der Waals surface area contributed by atoms with Crippen molar-refractivity contribution >= 4 is 18.5 Å². The van der Waals surface area contributed by atoms with Gasteiger partial charge in [0.25, 0.3) is 5.91 Å². The number of benzene rings is 1. The van der Waals surface area contributed by atoms with Gasteiger partial charge in [-0.3, -0.25) is 4.79 Å². The fourth-order valence-corrected chi connectivity index (χ4v) is 3.17. The molecular weight excluding hydrogens is 305 g/mol. The molecule has 6 heteroatoms. The maximum absolute atomic E-state index is 12.4. The predicted molar refractivity (Wildman–Crippen MR) is 94.1 cm³/mol. The summed E-state index contributed by atoms with van der Waals surface area (Å²) in [5.74, 6) is 0.625. The van der Waals surface area contributed by atoms with E-state index in [0.717, 1.165) is 11.0 Å². The Morgan fingerprint density at radius 2 is 1.67 bits per heavy atom. The molecule has 3 rings (SSSR count). The van der Waals surface area contributed by atoms with E-state index < -0.39 is 18.3 Å². The van der Waals surface area contributed by atoms with Gasteiger partial charge in [0.15, 0.2) is 0 Å². The first-order valence-electron chi connectivity index (χ1n) is 8.35. The first-order valence-corrected chi connectivity index (χ1v) is 8.35. The number of carbonyl (C=O) groups excluding carboxylic acids is 1. The highest BCUT2D eigenvalue weighted by Gasteiger charge is 2.53. The number of hydrogen-bond acceptors (Lipinski definition) is 4. The molecule has 2 aliphatic heterocycles. The van der Waals surface area contributed by atoms with Crippen LogP contribution >= 0.6 is 0 Å². The van der Waals surface area contributed by atoms with Crippen LogP contribution in [0.1, 0.15) is 57.5 Å². The Morgan fingerprint density at radius 1 is 1.08 bits per heavy atom. The van der Waals surface area contributed by atoms with Crippen LogP contribution in [0.25, 0.3) is 0 Å². The van der Waals surface area contributed by atoms with E-state index in [1.54, 1.807) is 7.11 Å². The van der Waals surface area contributed by atoms with E-state index in [9.17, 15) is 4.79 Å². The van der Waals surface area contributed by atoms with Gasteiger partial charge in [-0.2, -0.15) is 0 Å². The molecule has 1 saturated heterocycles. The summed E-state index contributed by atoms with van der Waals surface area (Å²) in [6.45, 7) is 12.9. The number of amides is 1. The second-order valence-corrected chi connectivity index (χ2v) is 8.29. The number of carbonyl (C=O) groups is 1. The number of ether oxygens (including phenoxy) is 1. The van der Waals surface area contributed by atoms with Crippen LogP contribution in [-0.4, -0.2) is 37.9 Å². The normalized spacial score (nSPS) is 23.6. The van der Waals surface area contributed by atoms with Crippen LogP contribution < -0.4 is 15.5 Å². The zero-order valence-corrected chi connectivity index (χ0v) is 15.6. The van der Waals surface area contributed by atoms with E-state index in [1.807, 2.05) is 39.8 Å². The minimum atomic E-state index is -0.562. The lowest BCUT2D eigenvalue weighted by molar-refractivity contribution is 0.00578. The molecule has 130 valence electrons. The van der Waals surface area contributed by atoms with Crippen molar-refractivity contribution in [3.05, 3.63) is 23.3 Å². The number of rotatable bonds is 2. The minimum Gasteiger partial charge on any atom is -0.497 e. The summed E-state index contributed by atoms with van der Waals surface area (Å²) in [6.07, 6.45) is 0. The monoisotopic (exact) mass is 331 g/mol. The molecule has 1 aromatic carbocycles. The van der Waals surface area contributed by atoms with Crippen LogP contribution in [0.5, 0.6) is 5.75 Å². The topological polar surface area (TPSA) is 56.8 Å².